The Hall–Kier alpha value is -3.96. The van der Waals surface area contributed by atoms with Gasteiger partial charge >= 0.3 is 12.4 Å². The topological polar surface area (TPSA) is 66.5 Å². The lowest BCUT2D eigenvalue weighted by Crippen LogP contribution is -2.16. The Kier molecular flexibility index (Phi) is 5.99. The fraction of sp³-hybridized carbons (Fsp3) is 0.217. The minimum Gasteiger partial charge on any atom is -0.493 e. The van der Waals surface area contributed by atoms with Crippen LogP contribution >= 0.6 is 0 Å². The molecule has 0 aliphatic heterocycles. The molecule has 0 spiro atoms. The van der Waals surface area contributed by atoms with Gasteiger partial charge in [-0.15, -0.1) is 0 Å². The molecule has 4 aromatic rings. The highest BCUT2D eigenvalue weighted by Crippen LogP contribution is 2.41. The maximum Gasteiger partial charge on any atom is 0.450 e. The van der Waals surface area contributed by atoms with Gasteiger partial charge in [-0.2, -0.15) is 31.4 Å². The number of nitrogens with zero attached hydrogens (tertiary/aromatic N) is 2. The van der Waals surface area contributed by atoms with Gasteiger partial charge in [-0.25, -0.2) is 0 Å². The van der Waals surface area contributed by atoms with Gasteiger partial charge in [-0.1, -0.05) is 12.1 Å². The lowest BCUT2D eigenvalue weighted by atomic mass is 10.0. The van der Waals surface area contributed by atoms with Crippen molar-refractivity contribution in [3.63, 3.8) is 0 Å². The second-order valence-corrected chi connectivity index (χ2v) is 7.43. The van der Waals surface area contributed by atoms with E-state index in [1.807, 2.05) is 0 Å². The first-order chi connectivity index (χ1) is 16.4. The van der Waals surface area contributed by atoms with Crippen LogP contribution in [0.3, 0.4) is 0 Å². The van der Waals surface area contributed by atoms with Gasteiger partial charge in [-0.05, 0) is 29.8 Å². The Morgan fingerprint density at radius 1 is 0.943 bits per heavy atom. The molecule has 0 aliphatic rings. The van der Waals surface area contributed by atoms with Gasteiger partial charge in [-0.3, -0.25) is 9.48 Å². The zero-order valence-electron chi connectivity index (χ0n) is 18.1. The van der Waals surface area contributed by atoms with Crippen LogP contribution in [0.1, 0.15) is 16.9 Å². The van der Waals surface area contributed by atoms with Gasteiger partial charge in [0.2, 0.25) is 16.9 Å². The predicted octanol–water partition coefficient (Wildman–Crippen LogP) is 5.76. The maximum atomic E-state index is 13.9. The normalized spacial score (nSPS) is 12.2. The van der Waals surface area contributed by atoms with Crippen molar-refractivity contribution < 1.29 is 40.2 Å². The van der Waals surface area contributed by atoms with Crippen LogP contribution in [0.5, 0.6) is 11.5 Å². The van der Waals surface area contributed by atoms with E-state index in [2.05, 4.69) is 5.10 Å². The minimum atomic E-state index is -5.04. The van der Waals surface area contributed by atoms with E-state index in [0.29, 0.717) is 5.56 Å². The molecule has 6 nitrogen and oxygen atoms in total. The highest BCUT2D eigenvalue weighted by atomic mass is 19.4. The zero-order valence-corrected chi connectivity index (χ0v) is 18.1. The lowest BCUT2D eigenvalue weighted by Gasteiger charge is -2.14. The van der Waals surface area contributed by atoms with Gasteiger partial charge in [0, 0.05) is 11.8 Å². The summed E-state index contributed by atoms with van der Waals surface area (Å²) in [4.78, 5) is 13.2. The molecule has 2 heterocycles. The summed E-state index contributed by atoms with van der Waals surface area (Å²) in [6.45, 7) is -0.0383. The highest BCUT2D eigenvalue weighted by molar-refractivity contribution is 5.89. The Labute approximate surface area is 193 Å². The van der Waals surface area contributed by atoms with Gasteiger partial charge < -0.3 is 13.9 Å². The predicted molar refractivity (Wildman–Crippen MR) is 112 cm³/mol. The molecule has 0 N–H and O–H groups in total. The monoisotopic (exact) mass is 498 g/mol. The molecule has 0 atom stereocenters. The van der Waals surface area contributed by atoms with E-state index in [4.69, 9.17) is 13.9 Å². The van der Waals surface area contributed by atoms with Crippen LogP contribution in [0.25, 0.3) is 22.1 Å². The lowest BCUT2D eigenvalue weighted by molar-refractivity contribution is -0.152. The molecule has 2 aromatic carbocycles. The molecule has 0 bridgehead atoms. The van der Waals surface area contributed by atoms with Gasteiger partial charge in [0.05, 0.1) is 43.5 Å². The number of rotatable bonds is 5. The average Bonchev–Trinajstić information content (AvgIpc) is 3.25. The Bertz CT molecular complexity index is 1440. The summed E-state index contributed by atoms with van der Waals surface area (Å²) in [6.07, 6.45) is -7.29. The Balaban J connectivity index is 1.80. The van der Waals surface area contributed by atoms with Crippen molar-refractivity contribution in [2.45, 2.75) is 18.9 Å². The number of ether oxygens (including phenoxy) is 2. The van der Waals surface area contributed by atoms with Crippen molar-refractivity contribution in [2.75, 3.05) is 14.2 Å². The van der Waals surface area contributed by atoms with Crippen molar-refractivity contribution in [3.05, 3.63) is 75.9 Å². The van der Waals surface area contributed by atoms with Crippen molar-refractivity contribution in [1.29, 1.82) is 0 Å². The summed E-state index contributed by atoms with van der Waals surface area (Å²) >= 11 is 0. The van der Waals surface area contributed by atoms with Crippen molar-refractivity contribution in [2.24, 2.45) is 0 Å². The molecule has 0 radical (unpaired) electrons. The van der Waals surface area contributed by atoms with E-state index in [1.54, 1.807) is 0 Å². The second kappa shape index (κ2) is 8.67. The fourth-order valence-electron chi connectivity index (χ4n) is 3.60. The summed E-state index contributed by atoms with van der Waals surface area (Å²) in [5.41, 5.74) is -2.73. The van der Waals surface area contributed by atoms with Crippen molar-refractivity contribution >= 4 is 11.0 Å². The third-order valence-corrected chi connectivity index (χ3v) is 5.21. The SMILES string of the molecule is COc1ccc2c(=O)c(-c3cnn(Cc4ccc(C(F)(F)F)cc4)c3)c(C(F)(F)F)oc2c1OC. The van der Waals surface area contributed by atoms with Crippen molar-refractivity contribution in [3.8, 4) is 22.6 Å². The number of methoxy groups -OCH3 is 2. The number of hydrogen-bond donors (Lipinski definition) is 0. The molecular formula is C23H16F6N2O4. The molecule has 2 aromatic heterocycles. The molecule has 0 unspecified atom stereocenters. The highest BCUT2D eigenvalue weighted by Gasteiger charge is 2.40. The number of benzene rings is 2. The smallest absolute Gasteiger partial charge is 0.450 e. The first-order valence-electron chi connectivity index (χ1n) is 9.92. The van der Waals surface area contributed by atoms with E-state index >= 15 is 0 Å². The van der Waals surface area contributed by atoms with Crippen LogP contribution in [0.4, 0.5) is 26.3 Å². The van der Waals surface area contributed by atoms with Crippen molar-refractivity contribution in [1.82, 2.24) is 9.78 Å². The molecule has 12 heteroatoms. The Morgan fingerprint density at radius 3 is 2.20 bits per heavy atom. The molecule has 35 heavy (non-hydrogen) atoms. The third kappa shape index (κ3) is 4.55. The van der Waals surface area contributed by atoms with E-state index in [-0.39, 0.29) is 29.0 Å². The molecule has 0 fully saturated rings. The van der Waals surface area contributed by atoms with E-state index in [9.17, 15) is 31.1 Å². The van der Waals surface area contributed by atoms with Crippen LogP contribution in [-0.4, -0.2) is 24.0 Å². The Morgan fingerprint density at radius 2 is 1.63 bits per heavy atom. The summed E-state index contributed by atoms with van der Waals surface area (Å²) in [6, 6.07) is 6.87. The molecule has 0 aliphatic carbocycles. The summed E-state index contributed by atoms with van der Waals surface area (Å²) in [5.74, 6) is -1.64. The zero-order chi connectivity index (χ0) is 25.5. The van der Waals surface area contributed by atoms with Gasteiger partial charge in [0.15, 0.2) is 11.3 Å². The molecular weight excluding hydrogens is 482 g/mol. The molecule has 0 amide bonds. The number of halogens is 6. The minimum absolute atomic E-state index is 0.0383. The van der Waals surface area contributed by atoms with Crippen LogP contribution in [0, 0.1) is 0 Å². The summed E-state index contributed by atoms with van der Waals surface area (Å²) < 4.78 is 96.5. The largest absolute Gasteiger partial charge is 0.493 e. The van der Waals surface area contributed by atoms with E-state index < -0.39 is 40.3 Å². The number of alkyl halides is 6. The first kappa shape index (κ1) is 24.2. The quantitative estimate of drug-likeness (QED) is 0.328. The first-order valence-corrected chi connectivity index (χ1v) is 9.92. The van der Waals surface area contributed by atoms with Gasteiger partial charge in [0.25, 0.3) is 0 Å². The average molecular weight is 498 g/mol. The van der Waals surface area contributed by atoms with Crippen LogP contribution < -0.4 is 14.9 Å². The third-order valence-electron chi connectivity index (χ3n) is 5.21. The molecule has 0 saturated carbocycles. The molecule has 184 valence electrons. The molecule has 4 rings (SSSR count). The second-order valence-electron chi connectivity index (χ2n) is 7.43. The number of fused-ring (bicyclic) bond motifs is 1. The standard InChI is InChI=1S/C23H16F6N2O4/c1-33-16-8-7-15-18(32)17(21(23(27,28)29)35-19(15)20(16)34-2)13-9-30-31(11-13)10-12-3-5-14(6-4-12)22(24,25)26/h3-9,11H,10H2,1-2H3. The number of aromatic nitrogens is 2. The number of hydrogen-bond acceptors (Lipinski definition) is 5. The maximum absolute atomic E-state index is 13.9. The van der Waals surface area contributed by atoms with Crippen LogP contribution in [0.15, 0.2) is 58.0 Å². The van der Waals surface area contributed by atoms with Gasteiger partial charge in [0.1, 0.15) is 0 Å². The van der Waals surface area contributed by atoms with Crippen LogP contribution in [0.2, 0.25) is 0 Å². The summed E-state index contributed by atoms with van der Waals surface area (Å²) in [7, 11) is 2.48. The molecule has 0 saturated heterocycles. The van der Waals surface area contributed by atoms with Crippen LogP contribution in [-0.2, 0) is 18.9 Å². The summed E-state index contributed by atoms with van der Waals surface area (Å²) in [5, 5.41) is 3.80. The fourth-order valence-corrected chi connectivity index (χ4v) is 3.60. The van der Waals surface area contributed by atoms with E-state index in [0.717, 1.165) is 18.3 Å². The van der Waals surface area contributed by atoms with E-state index in [1.165, 1.54) is 49.4 Å².